The van der Waals surface area contributed by atoms with Crippen LogP contribution in [0, 0.1) is 6.92 Å². The van der Waals surface area contributed by atoms with Crippen LogP contribution >= 0.6 is 11.8 Å². The first kappa shape index (κ1) is 22.8. The van der Waals surface area contributed by atoms with E-state index in [1.165, 1.54) is 11.8 Å². The standard InChI is InChI=1S/C26H24N6O2S/c1-4-32-24(29-30-26(32)35-17(3)25(33)28-23-14-16(2)34-31-23)20-15-22(18-10-6-5-7-11-18)27-21-13-9-8-12-19(20)21/h5-15,17H,4H2,1-3H3,(H,28,31,33). The van der Waals surface area contributed by atoms with E-state index in [1.54, 1.807) is 13.0 Å². The van der Waals surface area contributed by atoms with E-state index < -0.39 is 5.25 Å². The zero-order valence-electron chi connectivity index (χ0n) is 19.6. The van der Waals surface area contributed by atoms with Gasteiger partial charge >= 0.3 is 0 Å². The number of aryl methyl sites for hydroxylation is 1. The molecule has 5 aromatic rings. The minimum absolute atomic E-state index is 0.184. The number of rotatable bonds is 7. The van der Waals surface area contributed by atoms with E-state index in [9.17, 15) is 4.79 Å². The summed E-state index contributed by atoms with van der Waals surface area (Å²) in [6.07, 6.45) is 0. The largest absolute Gasteiger partial charge is 0.360 e. The second-order valence-electron chi connectivity index (χ2n) is 8.06. The fourth-order valence-electron chi connectivity index (χ4n) is 3.84. The van der Waals surface area contributed by atoms with Crippen LogP contribution in [0.15, 0.2) is 76.4 Å². The number of pyridine rings is 1. The molecule has 0 radical (unpaired) electrons. The Bertz CT molecular complexity index is 1490. The van der Waals surface area contributed by atoms with Gasteiger partial charge in [0, 0.05) is 29.1 Å². The predicted molar refractivity (Wildman–Crippen MR) is 137 cm³/mol. The average Bonchev–Trinajstić information content (AvgIpc) is 3.48. The maximum atomic E-state index is 12.7. The maximum absolute atomic E-state index is 12.7. The molecule has 1 unspecified atom stereocenters. The van der Waals surface area contributed by atoms with Gasteiger partial charge in [0.05, 0.1) is 16.5 Å². The van der Waals surface area contributed by atoms with Crippen LogP contribution in [0.3, 0.4) is 0 Å². The number of thioether (sulfide) groups is 1. The number of carbonyl (C=O) groups excluding carboxylic acids is 1. The van der Waals surface area contributed by atoms with Gasteiger partial charge in [0.25, 0.3) is 0 Å². The van der Waals surface area contributed by atoms with Crippen molar-refractivity contribution in [3.8, 4) is 22.6 Å². The quantitative estimate of drug-likeness (QED) is 0.300. The van der Waals surface area contributed by atoms with Crippen molar-refractivity contribution in [2.24, 2.45) is 0 Å². The summed E-state index contributed by atoms with van der Waals surface area (Å²) in [5, 5.41) is 16.9. The highest BCUT2D eigenvalue weighted by Gasteiger charge is 2.22. The van der Waals surface area contributed by atoms with Crippen LogP contribution in [0.2, 0.25) is 0 Å². The summed E-state index contributed by atoms with van der Waals surface area (Å²) in [7, 11) is 0. The van der Waals surface area contributed by atoms with Gasteiger partial charge < -0.3 is 14.4 Å². The van der Waals surface area contributed by atoms with Gasteiger partial charge in [-0.1, -0.05) is 65.4 Å². The topological polar surface area (TPSA) is 98.7 Å². The molecule has 8 nitrogen and oxygen atoms in total. The molecule has 0 aliphatic carbocycles. The summed E-state index contributed by atoms with van der Waals surface area (Å²) >= 11 is 1.35. The zero-order valence-corrected chi connectivity index (χ0v) is 20.4. The summed E-state index contributed by atoms with van der Waals surface area (Å²) in [5.41, 5.74) is 3.74. The summed E-state index contributed by atoms with van der Waals surface area (Å²) in [5.74, 6) is 1.59. The van der Waals surface area contributed by atoms with Gasteiger partial charge in [-0.05, 0) is 32.9 Å². The van der Waals surface area contributed by atoms with Crippen molar-refractivity contribution in [2.75, 3.05) is 5.32 Å². The van der Waals surface area contributed by atoms with Crippen LogP contribution in [0.25, 0.3) is 33.5 Å². The minimum Gasteiger partial charge on any atom is -0.360 e. The van der Waals surface area contributed by atoms with Crippen LogP contribution < -0.4 is 5.32 Å². The number of aromatic nitrogens is 5. The molecule has 0 bridgehead atoms. The molecule has 0 saturated carbocycles. The number of anilines is 1. The maximum Gasteiger partial charge on any atom is 0.238 e. The Labute approximate surface area is 206 Å². The summed E-state index contributed by atoms with van der Waals surface area (Å²) in [6.45, 7) is 6.30. The monoisotopic (exact) mass is 484 g/mol. The van der Waals surface area contributed by atoms with E-state index in [1.807, 2.05) is 73.0 Å². The number of benzene rings is 2. The Morgan fingerprint density at radius 2 is 1.86 bits per heavy atom. The molecule has 176 valence electrons. The molecule has 5 rings (SSSR count). The van der Waals surface area contributed by atoms with E-state index in [0.29, 0.717) is 23.3 Å². The second kappa shape index (κ2) is 9.71. The lowest BCUT2D eigenvalue weighted by molar-refractivity contribution is -0.115. The normalized spacial score (nSPS) is 12.1. The van der Waals surface area contributed by atoms with E-state index in [4.69, 9.17) is 9.51 Å². The molecule has 3 heterocycles. The fraction of sp³-hybridized carbons (Fsp3) is 0.192. The van der Waals surface area contributed by atoms with E-state index >= 15 is 0 Å². The molecule has 3 aromatic heterocycles. The smallest absolute Gasteiger partial charge is 0.238 e. The van der Waals surface area contributed by atoms with Gasteiger partial charge in [-0.3, -0.25) is 4.79 Å². The van der Waals surface area contributed by atoms with Crippen molar-refractivity contribution < 1.29 is 9.32 Å². The molecule has 1 amide bonds. The first-order valence-corrected chi connectivity index (χ1v) is 12.2. The van der Waals surface area contributed by atoms with Crippen molar-refractivity contribution in [3.05, 3.63) is 72.5 Å². The first-order chi connectivity index (χ1) is 17.0. The first-order valence-electron chi connectivity index (χ1n) is 11.3. The van der Waals surface area contributed by atoms with Gasteiger partial charge in [-0.15, -0.1) is 10.2 Å². The lowest BCUT2D eigenvalue weighted by Crippen LogP contribution is -2.23. The Morgan fingerprint density at radius 3 is 2.60 bits per heavy atom. The van der Waals surface area contributed by atoms with Crippen LogP contribution in [-0.2, 0) is 11.3 Å². The number of carbonyl (C=O) groups is 1. The highest BCUT2D eigenvalue weighted by atomic mass is 32.2. The number of nitrogens with zero attached hydrogens (tertiary/aromatic N) is 5. The third-order valence-corrected chi connectivity index (χ3v) is 6.67. The van der Waals surface area contributed by atoms with Gasteiger partial charge in [0.2, 0.25) is 5.91 Å². The molecule has 0 spiro atoms. The molecular weight excluding hydrogens is 460 g/mol. The Kier molecular flexibility index (Phi) is 6.33. The lowest BCUT2D eigenvalue weighted by Gasteiger charge is -2.13. The molecule has 2 aromatic carbocycles. The molecule has 1 atom stereocenters. The molecule has 0 aliphatic heterocycles. The number of hydrogen-bond acceptors (Lipinski definition) is 7. The van der Waals surface area contributed by atoms with Gasteiger partial charge in [0.1, 0.15) is 5.76 Å². The number of nitrogens with one attached hydrogen (secondary N) is 1. The van der Waals surface area contributed by atoms with Crippen LogP contribution in [0.1, 0.15) is 19.6 Å². The molecule has 0 saturated heterocycles. The number of para-hydroxylation sites is 1. The number of hydrogen-bond donors (Lipinski definition) is 1. The summed E-state index contributed by atoms with van der Waals surface area (Å²) in [4.78, 5) is 17.6. The van der Waals surface area contributed by atoms with Crippen molar-refractivity contribution in [1.82, 2.24) is 24.9 Å². The summed E-state index contributed by atoms with van der Waals surface area (Å²) in [6, 6.07) is 21.9. The van der Waals surface area contributed by atoms with E-state index in [2.05, 4.69) is 26.7 Å². The highest BCUT2D eigenvalue weighted by Crippen LogP contribution is 2.33. The van der Waals surface area contributed by atoms with Gasteiger partial charge in [-0.25, -0.2) is 4.98 Å². The van der Waals surface area contributed by atoms with Crippen molar-refractivity contribution in [3.63, 3.8) is 0 Å². The van der Waals surface area contributed by atoms with Crippen molar-refractivity contribution in [2.45, 2.75) is 37.7 Å². The molecule has 35 heavy (non-hydrogen) atoms. The molecule has 0 aliphatic rings. The fourth-order valence-corrected chi connectivity index (χ4v) is 4.76. The third kappa shape index (κ3) is 4.67. The van der Waals surface area contributed by atoms with Crippen molar-refractivity contribution in [1.29, 1.82) is 0 Å². The molecule has 1 N–H and O–H groups in total. The van der Waals surface area contributed by atoms with Crippen LogP contribution in [-0.4, -0.2) is 36.1 Å². The van der Waals surface area contributed by atoms with Gasteiger partial charge in [0.15, 0.2) is 16.8 Å². The van der Waals surface area contributed by atoms with E-state index in [0.717, 1.165) is 33.5 Å². The second-order valence-corrected chi connectivity index (χ2v) is 9.37. The highest BCUT2D eigenvalue weighted by molar-refractivity contribution is 8.00. The Balaban J connectivity index is 1.50. The van der Waals surface area contributed by atoms with Crippen LogP contribution in [0.4, 0.5) is 5.82 Å². The molecule has 9 heteroatoms. The lowest BCUT2D eigenvalue weighted by atomic mass is 10.0. The van der Waals surface area contributed by atoms with Crippen LogP contribution in [0.5, 0.6) is 0 Å². The average molecular weight is 485 g/mol. The Morgan fingerprint density at radius 1 is 1.09 bits per heavy atom. The molecule has 0 fully saturated rings. The van der Waals surface area contributed by atoms with E-state index in [-0.39, 0.29) is 5.91 Å². The Hall–Kier alpha value is -3.98. The number of fused-ring (bicyclic) bond motifs is 1. The number of amides is 1. The third-order valence-electron chi connectivity index (χ3n) is 5.59. The van der Waals surface area contributed by atoms with Gasteiger partial charge in [-0.2, -0.15) is 0 Å². The van der Waals surface area contributed by atoms with Crippen molar-refractivity contribution >= 4 is 34.4 Å². The molecular formula is C26H24N6O2S. The summed E-state index contributed by atoms with van der Waals surface area (Å²) < 4.78 is 7.06. The minimum atomic E-state index is -0.413. The predicted octanol–water partition coefficient (Wildman–Crippen LogP) is 5.60. The SMILES string of the molecule is CCn1c(SC(C)C(=O)Nc2cc(C)on2)nnc1-c1cc(-c2ccccc2)nc2ccccc12. The zero-order chi connectivity index (χ0) is 24.4.